The Bertz CT molecular complexity index is 799. The Labute approximate surface area is 156 Å². The number of nitrogens with two attached hydrogens (primary N) is 1. The minimum Gasteiger partial charge on any atom is -0.379 e. The Morgan fingerprint density at radius 2 is 2.26 bits per heavy atom. The van der Waals surface area contributed by atoms with E-state index in [4.69, 9.17) is 14.6 Å². The Balaban J connectivity index is 1.96. The molecule has 1 saturated heterocycles. The molecule has 1 unspecified atom stereocenters. The van der Waals surface area contributed by atoms with Crippen LogP contribution in [-0.4, -0.2) is 70.2 Å². The Kier molecular flexibility index (Phi) is 7.07. The second-order valence-corrected chi connectivity index (χ2v) is 7.52. The number of carbonyl (C=O) groups is 1. The highest BCUT2D eigenvalue weighted by Crippen LogP contribution is 2.27. The van der Waals surface area contributed by atoms with Crippen molar-refractivity contribution in [3.63, 3.8) is 0 Å². The number of nitro groups is 1. The SMILES string of the molecule is COCC(=O)N1CCOC(CCNc2ccc(S(N)(=O)=O)cc2[N+](=O)[O-])C1. The summed E-state index contributed by atoms with van der Waals surface area (Å²) < 4.78 is 33.1. The maximum Gasteiger partial charge on any atom is 0.293 e. The largest absolute Gasteiger partial charge is 0.379 e. The van der Waals surface area contributed by atoms with Crippen LogP contribution in [-0.2, 0) is 24.3 Å². The third kappa shape index (κ3) is 5.85. The number of primary sulfonamides is 1. The zero-order valence-corrected chi connectivity index (χ0v) is 15.6. The third-order valence-electron chi connectivity index (χ3n) is 4.04. The van der Waals surface area contributed by atoms with Crippen molar-refractivity contribution in [3.05, 3.63) is 28.3 Å². The number of nitrogens with zero attached hydrogens (tertiary/aromatic N) is 2. The summed E-state index contributed by atoms with van der Waals surface area (Å²) in [4.78, 5) is 23.7. The highest BCUT2D eigenvalue weighted by atomic mass is 32.2. The fourth-order valence-electron chi connectivity index (χ4n) is 2.69. The van der Waals surface area contributed by atoms with E-state index in [9.17, 15) is 23.3 Å². The lowest BCUT2D eigenvalue weighted by atomic mass is 10.2. The number of hydrogen-bond donors (Lipinski definition) is 2. The molecule has 27 heavy (non-hydrogen) atoms. The Morgan fingerprint density at radius 3 is 2.89 bits per heavy atom. The van der Waals surface area contributed by atoms with Gasteiger partial charge in [-0.1, -0.05) is 0 Å². The van der Waals surface area contributed by atoms with Gasteiger partial charge in [0, 0.05) is 32.8 Å². The van der Waals surface area contributed by atoms with Gasteiger partial charge < -0.3 is 19.7 Å². The van der Waals surface area contributed by atoms with Crippen molar-refractivity contribution in [1.29, 1.82) is 0 Å². The summed E-state index contributed by atoms with van der Waals surface area (Å²) in [6.45, 7) is 1.66. The van der Waals surface area contributed by atoms with Gasteiger partial charge in [-0.05, 0) is 18.6 Å². The summed E-state index contributed by atoms with van der Waals surface area (Å²) in [5, 5.41) is 19.1. The first-order valence-corrected chi connectivity index (χ1v) is 9.70. The number of methoxy groups -OCH3 is 1. The highest BCUT2D eigenvalue weighted by molar-refractivity contribution is 7.89. The molecule has 0 saturated carbocycles. The summed E-state index contributed by atoms with van der Waals surface area (Å²) in [7, 11) is -2.58. The number of benzene rings is 1. The fourth-order valence-corrected chi connectivity index (χ4v) is 3.23. The monoisotopic (exact) mass is 402 g/mol. The van der Waals surface area contributed by atoms with Crippen molar-refractivity contribution >= 4 is 27.3 Å². The molecule has 1 fully saturated rings. The number of carbonyl (C=O) groups excluding carboxylic acids is 1. The van der Waals surface area contributed by atoms with E-state index in [0.717, 1.165) is 6.07 Å². The van der Waals surface area contributed by atoms with Crippen molar-refractivity contribution in [2.45, 2.75) is 17.4 Å². The molecule has 0 bridgehead atoms. The average Bonchev–Trinajstić information content (AvgIpc) is 2.61. The van der Waals surface area contributed by atoms with Crippen LogP contribution in [0.4, 0.5) is 11.4 Å². The number of nitro benzene ring substituents is 1. The molecular formula is C15H22N4O7S. The fraction of sp³-hybridized carbons (Fsp3) is 0.533. The lowest BCUT2D eigenvalue weighted by molar-refractivity contribution is -0.384. The van der Waals surface area contributed by atoms with Gasteiger partial charge in [-0.15, -0.1) is 0 Å². The molecule has 1 heterocycles. The van der Waals surface area contributed by atoms with Crippen molar-refractivity contribution in [3.8, 4) is 0 Å². The lowest BCUT2D eigenvalue weighted by Gasteiger charge is -2.33. The number of sulfonamides is 1. The van der Waals surface area contributed by atoms with E-state index in [0.29, 0.717) is 32.7 Å². The van der Waals surface area contributed by atoms with Gasteiger partial charge in [0.1, 0.15) is 12.3 Å². The third-order valence-corrected chi connectivity index (χ3v) is 4.95. The molecule has 0 aliphatic carbocycles. The van der Waals surface area contributed by atoms with Crippen LogP contribution in [0.25, 0.3) is 0 Å². The molecule has 1 atom stereocenters. The van der Waals surface area contributed by atoms with E-state index in [1.54, 1.807) is 4.90 Å². The molecule has 1 amide bonds. The predicted octanol–water partition coefficient (Wildman–Crippen LogP) is -0.0820. The molecule has 12 heteroatoms. The first-order chi connectivity index (χ1) is 12.7. The van der Waals surface area contributed by atoms with Crippen LogP contribution in [0.2, 0.25) is 0 Å². The molecule has 2 rings (SSSR count). The molecule has 11 nitrogen and oxygen atoms in total. The first-order valence-electron chi connectivity index (χ1n) is 8.16. The van der Waals surface area contributed by atoms with Crippen LogP contribution in [0, 0.1) is 10.1 Å². The standard InChI is InChI=1S/C15H22N4O7S/c1-25-10-15(20)18-6-7-26-11(9-18)4-5-17-13-3-2-12(27(16,23)24)8-14(13)19(21)22/h2-3,8,11,17H,4-7,9-10H2,1H3,(H2,16,23,24). The van der Waals surface area contributed by atoms with E-state index in [-0.39, 0.29) is 34.9 Å². The Morgan fingerprint density at radius 1 is 1.52 bits per heavy atom. The molecule has 1 aromatic rings. The Hall–Kier alpha value is -2.28. The number of rotatable bonds is 8. The van der Waals surface area contributed by atoms with E-state index in [1.165, 1.54) is 19.2 Å². The molecule has 0 aromatic heterocycles. The molecule has 1 aromatic carbocycles. The van der Waals surface area contributed by atoms with E-state index in [2.05, 4.69) is 5.32 Å². The van der Waals surface area contributed by atoms with Crippen molar-refractivity contribution in [2.75, 3.05) is 45.3 Å². The van der Waals surface area contributed by atoms with Gasteiger partial charge in [0.2, 0.25) is 15.9 Å². The predicted molar refractivity (Wildman–Crippen MR) is 95.8 cm³/mol. The van der Waals surface area contributed by atoms with Crippen LogP contribution in [0.1, 0.15) is 6.42 Å². The van der Waals surface area contributed by atoms with Gasteiger partial charge in [-0.3, -0.25) is 14.9 Å². The molecule has 1 aliphatic rings. The maximum atomic E-state index is 11.9. The summed E-state index contributed by atoms with van der Waals surface area (Å²) >= 11 is 0. The van der Waals surface area contributed by atoms with Crippen LogP contribution in [0.3, 0.4) is 0 Å². The maximum absolute atomic E-state index is 11.9. The van der Waals surface area contributed by atoms with Gasteiger partial charge in [-0.25, -0.2) is 13.6 Å². The number of morpholine rings is 1. The van der Waals surface area contributed by atoms with Crippen molar-refractivity contribution in [2.24, 2.45) is 5.14 Å². The topological polar surface area (TPSA) is 154 Å². The summed E-state index contributed by atoms with van der Waals surface area (Å²) in [5.74, 6) is -0.118. The van der Waals surface area contributed by atoms with Crippen LogP contribution in [0.15, 0.2) is 23.1 Å². The average molecular weight is 402 g/mol. The molecule has 150 valence electrons. The summed E-state index contributed by atoms with van der Waals surface area (Å²) in [6.07, 6.45) is 0.292. The number of anilines is 1. The summed E-state index contributed by atoms with van der Waals surface area (Å²) in [5.41, 5.74) is -0.210. The van der Waals surface area contributed by atoms with E-state index < -0.39 is 14.9 Å². The quantitative estimate of drug-likeness (QED) is 0.452. The zero-order chi connectivity index (χ0) is 20.0. The number of amides is 1. The number of nitrogens with one attached hydrogen (secondary N) is 1. The second-order valence-electron chi connectivity index (χ2n) is 5.96. The van der Waals surface area contributed by atoms with Gasteiger partial charge >= 0.3 is 0 Å². The van der Waals surface area contributed by atoms with Gasteiger partial charge in [-0.2, -0.15) is 0 Å². The molecule has 1 aliphatic heterocycles. The normalized spacial score (nSPS) is 17.6. The van der Waals surface area contributed by atoms with Crippen LogP contribution in [0.5, 0.6) is 0 Å². The smallest absolute Gasteiger partial charge is 0.293 e. The van der Waals surface area contributed by atoms with Gasteiger partial charge in [0.15, 0.2) is 0 Å². The zero-order valence-electron chi connectivity index (χ0n) is 14.8. The molecule has 0 radical (unpaired) electrons. The van der Waals surface area contributed by atoms with Crippen LogP contribution >= 0.6 is 0 Å². The lowest BCUT2D eigenvalue weighted by Crippen LogP contribution is -2.47. The van der Waals surface area contributed by atoms with Gasteiger partial charge in [0.25, 0.3) is 5.69 Å². The minimum atomic E-state index is -4.03. The second kappa shape index (κ2) is 9.08. The van der Waals surface area contributed by atoms with E-state index >= 15 is 0 Å². The first kappa shape index (κ1) is 21.0. The number of hydrogen-bond acceptors (Lipinski definition) is 8. The van der Waals surface area contributed by atoms with Crippen LogP contribution < -0.4 is 10.5 Å². The van der Waals surface area contributed by atoms with Crippen molar-refractivity contribution < 1.29 is 27.6 Å². The molecular weight excluding hydrogens is 380 g/mol. The minimum absolute atomic E-state index is 0.00750. The summed E-state index contributed by atoms with van der Waals surface area (Å²) in [6, 6.07) is 3.42. The molecule has 0 spiro atoms. The van der Waals surface area contributed by atoms with E-state index in [1.807, 2.05) is 0 Å². The van der Waals surface area contributed by atoms with Gasteiger partial charge in [0.05, 0.1) is 22.5 Å². The molecule has 3 N–H and O–H groups in total. The highest BCUT2D eigenvalue weighted by Gasteiger charge is 2.24. The van der Waals surface area contributed by atoms with Crippen molar-refractivity contribution in [1.82, 2.24) is 4.90 Å². The number of ether oxygens (including phenoxy) is 2.